The monoisotopic (exact) mass is 372 g/mol. The number of hydrogen-bond donors (Lipinski definition) is 1. The largest absolute Gasteiger partial charge is 0.387 e. The number of ketones is 1. The number of rotatable bonds is 5. The fraction of sp³-hybridized carbons (Fsp3) is 0.957. The summed E-state index contributed by atoms with van der Waals surface area (Å²) < 4.78 is 5.59. The minimum absolute atomic E-state index is 0.189. The van der Waals surface area contributed by atoms with Gasteiger partial charge in [-0.1, -0.05) is 6.92 Å². The van der Waals surface area contributed by atoms with Crippen LogP contribution >= 0.6 is 0 Å². The second-order valence-corrected chi connectivity index (χ2v) is 10.4. The van der Waals surface area contributed by atoms with Crippen LogP contribution in [0.3, 0.4) is 0 Å². The van der Waals surface area contributed by atoms with Gasteiger partial charge in [-0.25, -0.2) is 0 Å². The molecule has 27 heavy (non-hydrogen) atoms. The lowest BCUT2D eigenvalue weighted by atomic mass is 9.48. The molecule has 1 N–H and O–H groups in total. The highest BCUT2D eigenvalue weighted by Gasteiger charge is 2.58. The smallest absolute Gasteiger partial charge is 0.128 e. The molecule has 8 atom stereocenters. The van der Waals surface area contributed by atoms with E-state index in [9.17, 15) is 9.90 Å². The van der Waals surface area contributed by atoms with Crippen molar-refractivity contribution in [1.29, 1.82) is 0 Å². The van der Waals surface area contributed by atoms with Gasteiger partial charge in [0.25, 0.3) is 0 Å². The third-order valence-electron chi connectivity index (χ3n) is 9.27. The Labute approximate surface area is 166 Å². The molecule has 0 heterocycles. The SMILES string of the molecule is [B]CC(=O)[C@H]1CC[C@H]2[C@@H]3CC[C@H]4C[C@@](O)(COCC)CC[C@@H]4[C@H]3CC[C@]12C. The molecule has 0 aromatic heterocycles. The molecule has 0 unspecified atom stereocenters. The van der Waals surface area contributed by atoms with Gasteiger partial charge in [0.1, 0.15) is 5.78 Å². The Morgan fingerprint density at radius 3 is 2.59 bits per heavy atom. The van der Waals surface area contributed by atoms with E-state index in [0.717, 1.165) is 43.4 Å². The molecule has 0 amide bonds. The summed E-state index contributed by atoms with van der Waals surface area (Å²) in [7, 11) is 5.73. The zero-order valence-electron chi connectivity index (χ0n) is 17.3. The van der Waals surface area contributed by atoms with E-state index in [-0.39, 0.29) is 17.7 Å². The predicted molar refractivity (Wildman–Crippen MR) is 108 cm³/mol. The highest BCUT2D eigenvalue weighted by Crippen LogP contribution is 2.64. The normalized spacial score (nSPS) is 49.1. The van der Waals surface area contributed by atoms with Crippen LogP contribution in [0.2, 0.25) is 6.32 Å². The van der Waals surface area contributed by atoms with Gasteiger partial charge in [-0.2, -0.15) is 0 Å². The van der Waals surface area contributed by atoms with Gasteiger partial charge in [-0.15, -0.1) is 0 Å². The van der Waals surface area contributed by atoms with Gasteiger partial charge in [0, 0.05) is 12.5 Å². The van der Waals surface area contributed by atoms with E-state index in [1.54, 1.807) is 0 Å². The highest BCUT2D eigenvalue weighted by atomic mass is 16.5. The van der Waals surface area contributed by atoms with Crippen LogP contribution in [0.5, 0.6) is 0 Å². The first-order chi connectivity index (χ1) is 12.9. The zero-order chi connectivity index (χ0) is 19.2. The van der Waals surface area contributed by atoms with Crippen molar-refractivity contribution in [2.75, 3.05) is 13.2 Å². The van der Waals surface area contributed by atoms with Gasteiger partial charge < -0.3 is 14.6 Å². The Morgan fingerprint density at radius 1 is 1.07 bits per heavy atom. The number of aliphatic hydroxyl groups is 1. The first kappa shape index (κ1) is 19.9. The van der Waals surface area contributed by atoms with Crippen molar-refractivity contribution in [3.05, 3.63) is 0 Å². The fourth-order valence-electron chi connectivity index (χ4n) is 8.06. The van der Waals surface area contributed by atoms with Crippen molar-refractivity contribution in [3.63, 3.8) is 0 Å². The number of Topliss-reactive ketones (excluding diaryl/α,β-unsaturated/α-hetero) is 1. The van der Waals surface area contributed by atoms with E-state index >= 15 is 0 Å². The van der Waals surface area contributed by atoms with Crippen LogP contribution in [0.4, 0.5) is 0 Å². The summed E-state index contributed by atoms with van der Waals surface area (Å²) in [6.07, 6.45) is 10.5. The summed E-state index contributed by atoms with van der Waals surface area (Å²) in [5.41, 5.74) is -0.409. The van der Waals surface area contributed by atoms with Crippen molar-refractivity contribution in [2.45, 2.75) is 83.6 Å². The molecule has 0 bridgehead atoms. The summed E-state index contributed by atoms with van der Waals surface area (Å²) in [6.45, 7) is 5.59. The molecule has 0 spiro atoms. The number of hydrogen-bond acceptors (Lipinski definition) is 3. The van der Waals surface area contributed by atoms with Crippen LogP contribution in [0.15, 0.2) is 0 Å². The lowest BCUT2D eigenvalue weighted by molar-refractivity contribution is -0.136. The van der Waals surface area contributed by atoms with Crippen LogP contribution < -0.4 is 0 Å². The van der Waals surface area contributed by atoms with E-state index in [1.807, 2.05) is 6.92 Å². The molecule has 4 fully saturated rings. The third-order valence-corrected chi connectivity index (χ3v) is 9.27. The number of carbonyl (C=O) groups excluding carboxylic acids is 1. The highest BCUT2D eigenvalue weighted by molar-refractivity contribution is 6.20. The maximum absolute atomic E-state index is 12.5. The summed E-state index contributed by atoms with van der Waals surface area (Å²) in [5.74, 6) is 4.25. The first-order valence-corrected chi connectivity index (χ1v) is 11.4. The molecular formula is C23H37BO3. The molecule has 4 rings (SSSR count). The number of fused-ring (bicyclic) bond motifs is 5. The molecule has 150 valence electrons. The number of carbonyl (C=O) groups is 1. The van der Waals surface area contributed by atoms with Crippen LogP contribution in [0, 0.1) is 40.9 Å². The van der Waals surface area contributed by atoms with Gasteiger partial charge in [0.15, 0.2) is 0 Å². The maximum atomic E-state index is 12.5. The molecule has 4 saturated carbocycles. The van der Waals surface area contributed by atoms with Gasteiger partial charge in [0.2, 0.25) is 0 Å². The van der Waals surface area contributed by atoms with Crippen LogP contribution in [0.25, 0.3) is 0 Å². The molecule has 0 aliphatic heterocycles. The average molecular weight is 372 g/mol. The molecule has 0 aromatic carbocycles. The third kappa shape index (κ3) is 3.33. The van der Waals surface area contributed by atoms with E-state index in [4.69, 9.17) is 12.6 Å². The molecule has 3 nitrogen and oxygen atoms in total. The molecular weight excluding hydrogens is 335 g/mol. The van der Waals surface area contributed by atoms with Gasteiger partial charge in [0.05, 0.1) is 20.1 Å². The minimum Gasteiger partial charge on any atom is -0.387 e. The average Bonchev–Trinajstić information content (AvgIpc) is 3.02. The van der Waals surface area contributed by atoms with E-state index < -0.39 is 5.60 Å². The first-order valence-electron chi connectivity index (χ1n) is 11.4. The minimum atomic E-state index is -0.598. The lowest BCUT2D eigenvalue weighted by Crippen LogP contribution is -2.52. The van der Waals surface area contributed by atoms with Crippen LogP contribution in [-0.4, -0.2) is 37.6 Å². The Balaban J connectivity index is 1.47. The lowest BCUT2D eigenvalue weighted by Gasteiger charge is -2.57. The van der Waals surface area contributed by atoms with Crippen molar-refractivity contribution >= 4 is 13.6 Å². The second kappa shape index (κ2) is 7.48. The molecule has 4 aliphatic rings. The predicted octanol–water partition coefficient (Wildman–Crippen LogP) is 4.18. The van der Waals surface area contributed by atoms with E-state index in [0.29, 0.717) is 30.8 Å². The maximum Gasteiger partial charge on any atom is 0.128 e. The van der Waals surface area contributed by atoms with Gasteiger partial charge >= 0.3 is 0 Å². The quantitative estimate of drug-likeness (QED) is 0.737. The van der Waals surface area contributed by atoms with E-state index in [2.05, 4.69) is 6.92 Å². The topological polar surface area (TPSA) is 46.5 Å². The van der Waals surface area contributed by atoms with Gasteiger partial charge in [-0.05, 0) is 106 Å². The molecule has 4 aliphatic carbocycles. The van der Waals surface area contributed by atoms with Crippen molar-refractivity contribution in [3.8, 4) is 0 Å². The number of ether oxygens (including phenoxy) is 1. The van der Waals surface area contributed by atoms with Crippen LogP contribution in [0.1, 0.15) is 71.6 Å². The summed E-state index contributed by atoms with van der Waals surface area (Å²) in [4.78, 5) is 12.5. The van der Waals surface area contributed by atoms with E-state index in [1.165, 1.54) is 32.1 Å². The zero-order valence-corrected chi connectivity index (χ0v) is 17.3. The van der Waals surface area contributed by atoms with Gasteiger partial charge in [-0.3, -0.25) is 0 Å². The summed E-state index contributed by atoms with van der Waals surface area (Å²) >= 11 is 0. The van der Waals surface area contributed by atoms with Crippen molar-refractivity contribution in [1.82, 2.24) is 0 Å². The fourth-order valence-corrected chi connectivity index (χ4v) is 8.06. The van der Waals surface area contributed by atoms with Crippen LogP contribution in [-0.2, 0) is 9.53 Å². The molecule has 0 saturated heterocycles. The molecule has 4 heteroatoms. The Hall–Kier alpha value is -0.345. The Kier molecular flexibility index (Phi) is 5.53. The second-order valence-electron chi connectivity index (χ2n) is 10.4. The summed E-state index contributed by atoms with van der Waals surface area (Å²) in [5, 5.41) is 11.0. The molecule has 0 aromatic rings. The molecule has 2 radical (unpaired) electrons. The van der Waals surface area contributed by atoms with Crippen molar-refractivity contribution in [2.24, 2.45) is 40.9 Å². The standard InChI is InChI=1S/C23H37BO3/c1-3-27-14-23(26)11-9-16-15(12-23)4-5-18-17(16)8-10-22(2)19(18)6-7-20(22)21(25)13-24/h15-20,26H,3-14H2,1-2H3/t15-,16-,17+,18+,19-,20+,22-,23+/m0/s1. The summed E-state index contributed by atoms with van der Waals surface area (Å²) in [6, 6.07) is 0. The Morgan fingerprint density at radius 2 is 1.85 bits per heavy atom. The Bertz CT molecular complexity index is 566. The van der Waals surface area contributed by atoms with Crippen molar-refractivity contribution < 1.29 is 14.6 Å².